The summed E-state index contributed by atoms with van der Waals surface area (Å²) in [4.78, 5) is 9.80. The molecule has 32 heavy (non-hydrogen) atoms. The maximum Gasteiger partial charge on any atom is 0.0709 e. The zero-order valence-electron chi connectivity index (χ0n) is 17.3. The van der Waals surface area contributed by atoms with Crippen LogP contribution in [0.2, 0.25) is 0 Å². The number of hydrogen-bond acceptors (Lipinski definition) is 3. The minimum absolute atomic E-state index is 0.980. The van der Waals surface area contributed by atoms with Crippen molar-refractivity contribution in [2.24, 2.45) is 0 Å². The number of para-hydroxylation sites is 2. The molecule has 0 saturated carbocycles. The van der Waals surface area contributed by atoms with E-state index in [0.29, 0.717) is 0 Å². The molecule has 0 unspecified atom stereocenters. The molecule has 0 radical (unpaired) electrons. The van der Waals surface area contributed by atoms with E-state index in [4.69, 9.17) is 4.98 Å². The lowest BCUT2D eigenvalue weighted by Crippen LogP contribution is -2.14. The van der Waals surface area contributed by atoms with Crippen molar-refractivity contribution in [3.8, 4) is 22.5 Å². The van der Waals surface area contributed by atoms with E-state index >= 15 is 0 Å². The highest BCUT2D eigenvalue weighted by atomic mass is 32.2. The number of nitrogens with zero attached hydrogens (tertiary/aromatic N) is 2. The van der Waals surface area contributed by atoms with Crippen molar-refractivity contribution in [2.45, 2.75) is 9.79 Å². The van der Waals surface area contributed by atoms with Crippen molar-refractivity contribution in [2.75, 3.05) is 4.90 Å². The Morgan fingerprint density at radius 3 is 1.62 bits per heavy atom. The van der Waals surface area contributed by atoms with Crippen LogP contribution in [0, 0.1) is 0 Å². The minimum atomic E-state index is 0.980. The summed E-state index contributed by atoms with van der Waals surface area (Å²) in [7, 11) is 0. The predicted octanol–water partition coefficient (Wildman–Crippen LogP) is 8.35. The lowest BCUT2D eigenvalue weighted by atomic mass is 10.1. The van der Waals surface area contributed by atoms with Crippen LogP contribution >= 0.6 is 11.8 Å². The third kappa shape index (κ3) is 3.37. The fourth-order valence-corrected chi connectivity index (χ4v) is 5.19. The number of anilines is 3. The Morgan fingerprint density at radius 1 is 0.469 bits per heavy atom. The molecular weight excluding hydrogens is 408 g/mol. The fourth-order valence-electron chi connectivity index (χ4n) is 4.13. The second-order valence-electron chi connectivity index (χ2n) is 7.69. The first-order valence-corrected chi connectivity index (χ1v) is 11.5. The molecule has 0 fully saturated rings. The molecule has 0 spiro atoms. The van der Waals surface area contributed by atoms with Gasteiger partial charge in [0, 0.05) is 26.6 Å². The van der Waals surface area contributed by atoms with Gasteiger partial charge in [0.2, 0.25) is 0 Å². The molecule has 0 bridgehead atoms. The smallest absolute Gasteiger partial charge is 0.0709 e. The lowest BCUT2D eigenvalue weighted by Gasteiger charge is -2.32. The second-order valence-corrected chi connectivity index (χ2v) is 8.78. The SMILES string of the molecule is c1ccc(-c2cccc(-c3ccc(N4c5ccccc5Sc5ccccc54)cc3)n2)cc1. The molecule has 3 heteroatoms. The fraction of sp³-hybridized carbons (Fsp3) is 0. The Hall–Kier alpha value is -3.82. The molecule has 1 aliphatic heterocycles. The van der Waals surface area contributed by atoms with Crippen LogP contribution in [0.3, 0.4) is 0 Å². The maximum absolute atomic E-state index is 4.91. The van der Waals surface area contributed by atoms with E-state index in [1.54, 1.807) is 0 Å². The van der Waals surface area contributed by atoms with Crippen LogP contribution in [0.5, 0.6) is 0 Å². The average molecular weight is 429 g/mol. The highest BCUT2D eigenvalue weighted by molar-refractivity contribution is 7.99. The second kappa shape index (κ2) is 8.03. The van der Waals surface area contributed by atoms with Crippen molar-refractivity contribution >= 4 is 28.8 Å². The molecule has 0 atom stereocenters. The van der Waals surface area contributed by atoms with Gasteiger partial charge in [-0.15, -0.1) is 0 Å². The van der Waals surface area contributed by atoms with E-state index in [-0.39, 0.29) is 0 Å². The molecule has 0 aliphatic carbocycles. The van der Waals surface area contributed by atoms with Crippen molar-refractivity contribution in [1.82, 2.24) is 4.98 Å². The summed E-state index contributed by atoms with van der Waals surface area (Å²) in [5.74, 6) is 0. The number of pyridine rings is 1. The zero-order chi connectivity index (χ0) is 21.3. The average Bonchev–Trinajstić information content (AvgIpc) is 2.88. The standard InChI is InChI=1S/C29H20N2S/c1-2-9-21(10-3-1)24-11-8-12-25(30-24)22-17-19-23(20-18-22)31-26-13-4-6-15-28(26)32-29-16-7-5-14-27(29)31/h1-20H. The lowest BCUT2D eigenvalue weighted by molar-refractivity contribution is 1.17. The Balaban J connectivity index is 1.39. The molecule has 152 valence electrons. The third-order valence-electron chi connectivity index (χ3n) is 5.67. The summed E-state index contributed by atoms with van der Waals surface area (Å²) >= 11 is 1.83. The van der Waals surface area contributed by atoms with Gasteiger partial charge in [0.05, 0.1) is 22.8 Å². The number of benzene rings is 4. The quantitative estimate of drug-likeness (QED) is 0.282. The van der Waals surface area contributed by atoms with Crippen molar-refractivity contribution in [1.29, 1.82) is 0 Å². The van der Waals surface area contributed by atoms with Crippen LogP contribution in [0.4, 0.5) is 17.1 Å². The van der Waals surface area contributed by atoms with Gasteiger partial charge in [-0.25, -0.2) is 4.98 Å². The predicted molar refractivity (Wildman–Crippen MR) is 134 cm³/mol. The highest BCUT2D eigenvalue weighted by Crippen LogP contribution is 2.51. The maximum atomic E-state index is 4.91. The van der Waals surface area contributed by atoms with Crippen LogP contribution < -0.4 is 4.90 Å². The van der Waals surface area contributed by atoms with E-state index in [1.165, 1.54) is 21.2 Å². The summed E-state index contributed by atoms with van der Waals surface area (Å²) in [6.45, 7) is 0. The van der Waals surface area contributed by atoms with Crippen LogP contribution in [0.25, 0.3) is 22.5 Å². The molecule has 1 aromatic heterocycles. The molecule has 0 saturated heterocycles. The topological polar surface area (TPSA) is 16.1 Å². The Morgan fingerprint density at radius 2 is 1.00 bits per heavy atom. The Kier molecular flexibility index (Phi) is 4.74. The first-order chi connectivity index (χ1) is 15.9. The van der Waals surface area contributed by atoms with Crippen LogP contribution in [0.15, 0.2) is 131 Å². The summed E-state index contributed by atoms with van der Waals surface area (Å²) < 4.78 is 0. The zero-order valence-corrected chi connectivity index (χ0v) is 18.2. The number of hydrogen-bond donors (Lipinski definition) is 0. The van der Waals surface area contributed by atoms with Gasteiger partial charge < -0.3 is 4.90 Å². The first kappa shape index (κ1) is 18.9. The molecule has 2 nitrogen and oxygen atoms in total. The van der Waals surface area contributed by atoms with Gasteiger partial charge in [0.25, 0.3) is 0 Å². The summed E-state index contributed by atoms with van der Waals surface area (Å²) in [6, 6.07) is 42.4. The Labute approximate surface area is 192 Å². The monoisotopic (exact) mass is 428 g/mol. The van der Waals surface area contributed by atoms with Crippen LogP contribution in [-0.4, -0.2) is 4.98 Å². The van der Waals surface area contributed by atoms with Gasteiger partial charge in [0.15, 0.2) is 0 Å². The van der Waals surface area contributed by atoms with E-state index in [9.17, 15) is 0 Å². The van der Waals surface area contributed by atoms with Gasteiger partial charge >= 0.3 is 0 Å². The largest absolute Gasteiger partial charge is 0.308 e. The molecule has 6 rings (SSSR count). The van der Waals surface area contributed by atoms with Gasteiger partial charge in [-0.2, -0.15) is 0 Å². The minimum Gasteiger partial charge on any atom is -0.308 e. The number of rotatable bonds is 3. The first-order valence-electron chi connectivity index (χ1n) is 10.7. The van der Waals surface area contributed by atoms with E-state index in [0.717, 1.165) is 28.2 Å². The number of aromatic nitrogens is 1. The molecule has 5 aromatic rings. The Bertz CT molecular complexity index is 1350. The molecule has 0 N–H and O–H groups in total. The molecular formula is C29H20N2S. The molecule has 4 aromatic carbocycles. The normalized spacial score (nSPS) is 12.2. The van der Waals surface area contributed by atoms with Crippen molar-refractivity contribution in [3.63, 3.8) is 0 Å². The van der Waals surface area contributed by atoms with Crippen LogP contribution in [0.1, 0.15) is 0 Å². The van der Waals surface area contributed by atoms with E-state index < -0.39 is 0 Å². The summed E-state index contributed by atoms with van der Waals surface area (Å²) in [5, 5.41) is 0. The van der Waals surface area contributed by atoms with Gasteiger partial charge in [-0.1, -0.05) is 84.6 Å². The van der Waals surface area contributed by atoms with E-state index in [2.05, 4.69) is 108 Å². The van der Waals surface area contributed by atoms with Crippen LogP contribution in [-0.2, 0) is 0 Å². The third-order valence-corrected chi connectivity index (χ3v) is 6.80. The molecule has 1 aliphatic rings. The molecule has 2 heterocycles. The van der Waals surface area contributed by atoms with Gasteiger partial charge in [0.1, 0.15) is 0 Å². The highest BCUT2D eigenvalue weighted by Gasteiger charge is 2.24. The number of fused-ring (bicyclic) bond motifs is 2. The van der Waals surface area contributed by atoms with Crippen molar-refractivity contribution in [3.05, 3.63) is 121 Å². The van der Waals surface area contributed by atoms with Crippen molar-refractivity contribution < 1.29 is 0 Å². The summed E-state index contributed by atoms with van der Waals surface area (Å²) in [5.41, 5.74) is 7.79. The summed E-state index contributed by atoms with van der Waals surface area (Å²) in [6.07, 6.45) is 0. The van der Waals surface area contributed by atoms with E-state index in [1.807, 2.05) is 30.0 Å². The van der Waals surface area contributed by atoms with Gasteiger partial charge in [-0.05, 0) is 48.5 Å². The molecule has 0 amide bonds. The van der Waals surface area contributed by atoms with Gasteiger partial charge in [-0.3, -0.25) is 0 Å².